The zero-order valence-electron chi connectivity index (χ0n) is 16.3. The summed E-state index contributed by atoms with van der Waals surface area (Å²) in [6.45, 7) is 4.11. The van der Waals surface area contributed by atoms with Crippen LogP contribution in [0, 0.1) is 0 Å². The van der Waals surface area contributed by atoms with Gasteiger partial charge in [-0.2, -0.15) is 5.10 Å². The van der Waals surface area contributed by atoms with Crippen LogP contribution in [0.1, 0.15) is 16.1 Å². The van der Waals surface area contributed by atoms with Gasteiger partial charge in [0.05, 0.1) is 10.6 Å². The van der Waals surface area contributed by atoms with Crippen molar-refractivity contribution >= 4 is 28.1 Å². The zero-order chi connectivity index (χ0) is 19.8. The zero-order valence-corrected chi connectivity index (χ0v) is 17.2. The standard InChI is InChI=1S/C22H23N5OS/c1-25-14-16(17-5-2-3-6-20(17)25)15-26-8-10-27(11-9-26)22(28)19-13-18(23-24-19)21-7-4-12-29-21/h2-7,12-14H,8-11,15H2,1H3,(H,23,24). The van der Waals surface area contributed by atoms with Gasteiger partial charge in [-0.05, 0) is 29.1 Å². The SMILES string of the molecule is Cn1cc(CN2CCN(C(=O)c3cc(-c4cccs4)[nH]n3)CC2)c2ccccc21. The summed E-state index contributed by atoms with van der Waals surface area (Å²) in [6.07, 6.45) is 2.22. The van der Waals surface area contributed by atoms with E-state index in [1.165, 1.54) is 16.5 Å². The minimum absolute atomic E-state index is 0.00821. The Morgan fingerprint density at radius 1 is 1.14 bits per heavy atom. The lowest BCUT2D eigenvalue weighted by molar-refractivity contribution is 0.0623. The van der Waals surface area contributed by atoms with Crippen LogP contribution < -0.4 is 0 Å². The number of aromatic amines is 1. The molecule has 0 bridgehead atoms. The normalized spacial score (nSPS) is 15.3. The third-order valence-electron chi connectivity index (χ3n) is 5.62. The Morgan fingerprint density at radius 3 is 2.76 bits per heavy atom. The molecule has 6 nitrogen and oxygen atoms in total. The van der Waals surface area contributed by atoms with E-state index in [4.69, 9.17) is 0 Å². The molecule has 0 saturated carbocycles. The van der Waals surface area contributed by atoms with Crippen LogP contribution in [0.4, 0.5) is 0 Å². The van der Waals surface area contributed by atoms with Gasteiger partial charge in [0.15, 0.2) is 5.69 Å². The average molecular weight is 406 g/mol. The van der Waals surface area contributed by atoms with Crippen molar-refractivity contribution in [3.05, 3.63) is 65.3 Å². The van der Waals surface area contributed by atoms with E-state index < -0.39 is 0 Å². The molecule has 1 aliphatic heterocycles. The summed E-state index contributed by atoms with van der Waals surface area (Å²) in [5.41, 5.74) is 4.00. The fraction of sp³-hybridized carbons (Fsp3) is 0.273. The molecule has 1 saturated heterocycles. The van der Waals surface area contributed by atoms with Crippen LogP contribution in [0.5, 0.6) is 0 Å². The summed E-state index contributed by atoms with van der Waals surface area (Å²) in [5, 5.41) is 10.6. The number of H-pyrrole nitrogens is 1. The summed E-state index contributed by atoms with van der Waals surface area (Å²) < 4.78 is 2.19. The van der Waals surface area contributed by atoms with Crippen LogP contribution in [0.3, 0.4) is 0 Å². The number of para-hydroxylation sites is 1. The first-order valence-corrected chi connectivity index (χ1v) is 10.7. The van der Waals surface area contributed by atoms with Gasteiger partial charge in [-0.3, -0.25) is 14.8 Å². The van der Waals surface area contributed by atoms with Crippen molar-refractivity contribution in [1.29, 1.82) is 0 Å². The largest absolute Gasteiger partial charge is 0.350 e. The van der Waals surface area contributed by atoms with Crippen LogP contribution in [-0.4, -0.2) is 56.7 Å². The molecule has 5 rings (SSSR count). The molecule has 29 heavy (non-hydrogen) atoms. The lowest BCUT2D eigenvalue weighted by Crippen LogP contribution is -2.48. The first-order chi connectivity index (χ1) is 14.2. The van der Waals surface area contributed by atoms with Gasteiger partial charge in [0.2, 0.25) is 0 Å². The number of hydrogen-bond donors (Lipinski definition) is 1. The Bertz CT molecular complexity index is 1140. The molecular weight excluding hydrogens is 382 g/mol. The molecule has 4 heterocycles. The minimum Gasteiger partial charge on any atom is -0.350 e. The topological polar surface area (TPSA) is 57.2 Å². The molecule has 148 valence electrons. The lowest BCUT2D eigenvalue weighted by atomic mass is 10.1. The van der Waals surface area contributed by atoms with Crippen LogP contribution in [0.25, 0.3) is 21.5 Å². The highest BCUT2D eigenvalue weighted by molar-refractivity contribution is 7.13. The number of nitrogens with one attached hydrogen (secondary N) is 1. The number of rotatable bonds is 4. The number of carbonyl (C=O) groups excluding carboxylic acids is 1. The second kappa shape index (κ2) is 7.50. The molecule has 0 radical (unpaired) electrons. The number of hydrogen-bond acceptors (Lipinski definition) is 4. The van der Waals surface area contributed by atoms with Gasteiger partial charge in [0.1, 0.15) is 0 Å². The third-order valence-corrected chi connectivity index (χ3v) is 6.52. The molecule has 0 unspecified atom stereocenters. The fourth-order valence-corrected chi connectivity index (χ4v) is 4.75. The van der Waals surface area contributed by atoms with Crippen LogP contribution in [0.2, 0.25) is 0 Å². The van der Waals surface area contributed by atoms with Crippen molar-refractivity contribution in [2.24, 2.45) is 7.05 Å². The molecule has 0 spiro atoms. The smallest absolute Gasteiger partial charge is 0.274 e. The van der Waals surface area contributed by atoms with Crippen molar-refractivity contribution in [3.63, 3.8) is 0 Å². The van der Waals surface area contributed by atoms with Crippen molar-refractivity contribution in [1.82, 2.24) is 24.6 Å². The fourth-order valence-electron chi connectivity index (χ4n) is 4.05. The number of aryl methyl sites for hydroxylation is 1. The first kappa shape index (κ1) is 18.1. The van der Waals surface area contributed by atoms with Gasteiger partial charge < -0.3 is 9.47 Å². The summed E-state index contributed by atoms with van der Waals surface area (Å²) in [4.78, 5) is 18.3. The Kier molecular flexibility index (Phi) is 4.69. The van der Waals surface area contributed by atoms with Gasteiger partial charge in [-0.15, -0.1) is 11.3 Å². The third kappa shape index (κ3) is 3.47. The van der Waals surface area contributed by atoms with E-state index in [-0.39, 0.29) is 5.91 Å². The predicted molar refractivity (Wildman–Crippen MR) is 116 cm³/mol. The number of fused-ring (bicyclic) bond motifs is 1. The summed E-state index contributed by atoms with van der Waals surface area (Å²) >= 11 is 1.64. The first-order valence-electron chi connectivity index (χ1n) is 9.83. The van der Waals surface area contributed by atoms with Gasteiger partial charge >= 0.3 is 0 Å². The molecule has 4 aromatic rings. The maximum Gasteiger partial charge on any atom is 0.274 e. The second-order valence-corrected chi connectivity index (χ2v) is 8.44. The molecule has 1 aromatic carbocycles. The molecular formula is C22H23N5OS. The minimum atomic E-state index is 0.00821. The van der Waals surface area contributed by atoms with E-state index in [1.54, 1.807) is 11.3 Å². The molecule has 1 N–H and O–H groups in total. The second-order valence-electron chi connectivity index (χ2n) is 7.49. The van der Waals surface area contributed by atoms with Crippen molar-refractivity contribution < 1.29 is 4.79 Å². The van der Waals surface area contributed by atoms with E-state index in [0.29, 0.717) is 5.69 Å². The maximum atomic E-state index is 12.9. The molecule has 1 fully saturated rings. The van der Waals surface area contributed by atoms with E-state index in [2.05, 4.69) is 57.2 Å². The Balaban J connectivity index is 1.23. The van der Waals surface area contributed by atoms with Crippen LogP contribution in [-0.2, 0) is 13.6 Å². The van der Waals surface area contributed by atoms with Gasteiger partial charge in [-0.1, -0.05) is 24.3 Å². The number of piperazine rings is 1. The monoisotopic (exact) mass is 405 g/mol. The van der Waals surface area contributed by atoms with E-state index in [9.17, 15) is 4.79 Å². The maximum absolute atomic E-state index is 12.9. The predicted octanol–water partition coefficient (Wildman–Crippen LogP) is 3.59. The summed E-state index contributed by atoms with van der Waals surface area (Å²) in [6, 6.07) is 14.4. The van der Waals surface area contributed by atoms with Gasteiger partial charge in [0, 0.05) is 56.9 Å². The van der Waals surface area contributed by atoms with Crippen molar-refractivity contribution in [2.75, 3.05) is 26.2 Å². The van der Waals surface area contributed by atoms with Crippen LogP contribution in [0.15, 0.2) is 54.0 Å². The molecule has 0 atom stereocenters. The highest BCUT2D eigenvalue weighted by atomic mass is 32.1. The molecule has 7 heteroatoms. The quantitative estimate of drug-likeness (QED) is 0.565. The lowest BCUT2D eigenvalue weighted by Gasteiger charge is -2.34. The molecule has 3 aromatic heterocycles. The Hall–Kier alpha value is -2.90. The highest BCUT2D eigenvalue weighted by Crippen LogP contribution is 2.24. The number of benzene rings is 1. The van der Waals surface area contributed by atoms with E-state index >= 15 is 0 Å². The molecule has 1 amide bonds. The summed E-state index contributed by atoms with van der Waals surface area (Å²) in [5.74, 6) is 0.00821. The van der Waals surface area contributed by atoms with Gasteiger partial charge in [-0.25, -0.2) is 0 Å². The average Bonchev–Trinajstić information content (AvgIpc) is 3.49. The Labute approximate surface area is 173 Å². The molecule has 0 aliphatic carbocycles. The number of thiophene rings is 1. The number of nitrogens with zero attached hydrogens (tertiary/aromatic N) is 4. The van der Waals surface area contributed by atoms with Crippen molar-refractivity contribution in [3.8, 4) is 10.6 Å². The molecule has 1 aliphatic rings. The number of carbonyl (C=O) groups is 1. The van der Waals surface area contributed by atoms with E-state index in [1.807, 2.05) is 28.5 Å². The van der Waals surface area contributed by atoms with Crippen molar-refractivity contribution in [2.45, 2.75) is 6.54 Å². The number of amides is 1. The summed E-state index contributed by atoms with van der Waals surface area (Å²) in [7, 11) is 2.09. The Morgan fingerprint density at radius 2 is 1.97 bits per heavy atom. The van der Waals surface area contributed by atoms with Crippen LogP contribution >= 0.6 is 11.3 Å². The van der Waals surface area contributed by atoms with Gasteiger partial charge in [0.25, 0.3) is 5.91 Å². The number of aromatic nitrogens is 3. The highest BCUT2D eigenvalue weighted by Gasteiger charge is 2.24. The van der Waals surface area contributed by atoms with E-state index in [0.717, 1.165) is 43.3 Å².